The molecule has 0 aromatic heterocycles. The minimum absolute atomic E-state index is 0.180. The monoisotopic (exact) mass is 373 g/mol. The van der Waals surface area contributed by atoms with Crippen LogP contribution in [-0.4, -0.2) is 60.2 Å². The normalized spacial score (nSPS) is 32.5. The van der Waals surface area contributed by atoms with E-state index in [4.69, 9.17) is 15.2 Å². The van der Waals surface area contributed by atoms with Gasteiger partial charge in [0.2, 0.25) is 0 Å². The second-order valence-corrected chi connectivity index (χ2v) is 8.77. The number of ether oxygens (including phenoxy) is 2. The van der Waals surface area contributed by atoms with Gasteiger partial charge >= 0.3 is 0 Å². The molecule has 6 nitrogen and oxygen atoms in total. The van der Waals surface area contributed by atoms with Crippen molar-refractivity contribution in [3.05, 3.63) is 0 Å². The molecule has 1 saturated heterocycles. The topological polar surface area (TPSA) is 85.9 Å². The maximum atomic E-state index is 12.6. The number of nitrogens with one attached hydrogen (secondary N) is 1. The Labute approximate surface area is 154 Å². The Morgan fingerprint density at radius 1 is 1.28 bits per heavy atom. The third kappa shape index (κ3) is 7.33. The van der Waals surface area contributed by atoms with Crippen molar-refractivity contribution in [2.45, 2.75) is 70.1 Å². The van der Waals surface area contributed by atoms with Gasteiger partial charge < -0.3 is 20.5 Å². The zero-order valence-corrected chi connectivity index (χ0v) is 16.6. The highest BCUT2D eigenvalue weighted by Gasteiger charge is 2.26. The smallest absolute Gasteiger partial charge is 0.185 e. The molecule has 0 bridgehead atoms. The summed E-state index contributed by atoms with van der Waals surface area (Å²) in [4.78, 5) is 4.59. The standard InChI is InChI=1S/C18H35N3O3S/c1-14-6-3-4-7-17(14)21-18(19)25(22)13-15-12-16(8-9-20-15)24-11-5-10-23-2/h14-17,20H,3-13H2,1-2H3,(H2,19,21). The molecule has 1 aliphatic carbocycles. The van der Waals surface area contributed by atoms with Gasteiger partial charge in [0.25, 0.3) is 0 Å². The first-order valence-electron chi connectivity index (χ1n) is 9.65. The molecule has 2 aliphatic rings. The number of hydrogen-bond acceptors (Lipinski definition) is 5. The second kappa shape index (κ2) is 11.3. The molecular formula is C18H35N3O3S. The van der Waals surface area contributed by atoms with E-state index >= 15 is 0 Å². The van der Waals surface area contributed by atoms with Crippen molar-refractivity contribution in [2.24, 2.45) is 16.6 Å². The summed E-state index contributed by atoms with van der Waals surface area (Å²) in [5.41, 5.74) is 6.05. The number of nitrogens with zero attached hydrogens (tertiary/aromatic N) is 1. The Bertz CT molecular complexity index is 447. The van der Waals surface area contributed by atoms with E-state index in [0.29, 0.717) is 16.8 Å². The Morgan fingerprint density at radius 3 is 2.84 bits per heavy atom. The molecule has 25 heavy (non-hydrogen) atoms. The first-order valence-corrected chi connectivity index (χ1v) is 11.0. The van der Waals surface area contributed by atoms with Gasteiger partial charge in [-0.1, -0.05) is 19.8 Å². The molecule has 0 spiro atoms. The van der Waals surface area contributed by atoms with Gasteiger partial charge in [-0.15, -0.1) is 0 Å². The number of nitrogens with two attached hydrogens (primary N) is 1. The van der Waals surface area contributed by atoms with Crippen LogP contribution < -0.4 is 11.1 Å². The summed E-state index contributed by atoms with van der Waals surface area (Å²) in [7, 11) is 0.491. The van der Waals surface area contributed by atoms with Crippen LogP contribution in [0.1, 0.15) is 51.9 Å². The molecule has 7 heteroatoms. The van der Waals surface area contributed by atoms with E-state index in [9.17, 15) is 4.21 Å². The Morgan fingerprint density at radius 2 is 2.08 bits per heavy atom. The Kier molecular flexibility index (Phi) is 9.37. The van der Waals surface area contributed by atoms with Crippen LogP contribution in [0, 0.1) is 5.92 Å². The zero-order valence-electron chi connectivity index (χ0n) is 15.7. The average molecular weight is 374 g/mol. The largest absolute Gasteiger partial charge is 0.385 e. The van der Waals surface area contributed by atoms with E-state index in [0.717, 1.165) is 45.4 Å². The van der Waals surface area contributed by atoms with Gasteiger partial charge in [0.05, 0.1) is 22.9 Å². The molecule has 0 aromatic rings. The molecule has 5 unspecified atom stereocenters. The molecular weight excluding hydrogens is 338 g/mol. The fraction of sp³-hybridized carbons (Fsp3) is 0.944. The minimum atomic E-state index is -1.21. The van der Waals surface area contributed by atoms with E-state index in [1.165, 1.54) is 19.3 Å². The SMILES string of the molecule is COCCCOC1CCNC(CS(=O)C(N)=NC2CCCCC2C)C1. The van der Waals surface area contributed by atoms with Crippen LogP contribution in [0.4, 0.5) is 0 Å². The fourth-order valence-electron chi connectivity index (χ4n) is 3.68. The van der Waals surface area contributed by atoms with Crippen LogP contribution in [0.3, 0.4) is 0 Å². The van der Waals surface area contributed by atoms with Gasteiger partial charge in [-0.25, -0.2) is 0 Å². The van der Waals surface area contributed by atoms with E-state index < -0.39 is 10.8 Å². The second-order valence-electron chi connectivity index (χ2n) is 7.32. The molecule has 0 amide bonds. The zero-order chi connectivity index (χ0) is 18.1. The molecule has 146 valence electrons. The van der Waals surface area contributed by atoms with Crippen molar-refractivity contribution in [1.29, 1.82) is 0 Å². The molecule has 1 aliphatic heterocycles. The first kappa shape index (κ1) is 20.8. The predicted octanol–water partition coefficient (Wildman–Crippen LogP) is 1.80. The summed E-state index contributed by atoms with van der Waals surface area (Å²) in [6.07, 6.45) is 7.76. The lowest BCUT2D eigenvalue weighted by Crippen LogP contribution is -2.45. The Hall–Kier alpha value is -0.500. The third-order valence-corrected chi connectivity index (χ3v) is 6.52. The summed E-state index contributed by atoms with van der Waals surface area (Å²) in [5, 5.41) is 3.76. The van der Waals surface area contributed by atoms with Crippen LogP contribution in [-0.2, 0) is 20.3 Å². The molecule has 1 saturated carbocycles. The summed E-state index contributed by atoms with van der Waals surface area (Å²) < 4.78 is 23.5. The van der Waals surface area contributed by atoms with Gasteiger partial charge in [0, 0.05) is 32.1 Å². The van der Waals surface area contributed by atoms with Gasteiger partial charge in [-0.3, -0.25) is 9.20 Å². The van der Waals surface area contributed by atoms with Gasteiger partial charge in [0.1, 0.15) is 0 Å². The van der Waals surface area contributed by atoms with E-state index in [2.05, 4.69) is 17.2 Å². The lowest BCUT2D eigenvalue weighted by molar-refractivity contribution is 0.0147. The highest BCUT2D eigenvalue weighted by Crippen LogP contribution is 2.26. The summed E-state index contributed by atoms with van der Waals surface area (Å²) in [5.74, 6) is 1.07. The number of methoxy groups -OCH3 is 1. The Balaban J connectivity index is 1.76. The highest BCUT2D eigenvalue weighted by atomic mass is 32.2. The van der Waals surface area contributed by atoms with Crippen molar-refractivity contribution in [3.63, 3.8) is 0 Å². The molecule has 2 fully saturated rings. The number of amidine groups is 1. The van der Waals surface area contributed by atoms with E-state index in [1.54, 1.807) is 7.11 Å². The summed E-state index contributed by atoms with van der Waals surface area (Å²) in [6, 6.07) is 0.424. The van der Waals surface area contributed by atoms with Gasteiger partial charge in [-0.05, 0) is 44.6 Å². The number of rotatable bonds is 8. The molecule has 0 radical (unpaired) electrons. The van der Waals surface area contributed by atoms with Crippen LogP contribution >= 0.6 is 0 Å². The van der Waals surface area contributed by atoms with E-state index in [1.807, 2.05) is 0 Å². The van der Waals surface area contributed by atoms with Crippen molar-refractivity contribution in [3.8, 4) is 0 Å². The van der Waals surface area contributed by atoms with Gasteiger partial charge in [0.15, 0.2) is 5.17 Å². The summed E-state index contributed by atoms with van der Waals surface area (Å²) in [6.45, 7) is 4.56. The van der Waals surface area contributed by atoms with Gasteiger partial charge in [-0.2, -0.15) is 0 Å². The number of hydrogen-bond donors (Lipinski definition) is 2. The van der Waals surface area contributed by atoms with Crippen molar-refractivity contribution < 1.29 is 13.7 Å². The lowest BCUT2D eigenvalue weighted by Gasteiger charge is -2.30. The number of piperidine rings is 1. The maximum Gasteiger partial charge on any atom is 0.185 e. The van der Waals surface area contributed by atoms with Crippen molar-refractivity contribution >= 4 is 16.0 Å². The number of aliphatic imine (C=N–C) groups is 1. The van der Waals surface area contributed by atoms with Crippen LogP contribution in [0.25, 0.3) is 0 Å². The third-order valence-electron chi connectivity index (χ3n) is 5.24. The quantitative estimate of drug-likeness (QED) is 0.385. The fourth-order valence-corrected chi connectivity index (χ4v) is 4.72. The van der Waals surface area contributed by atoms with Crippen molar-refractivity contribution in [1.82, 2.24) is 5.32 Å². The van der Waals surface area contributed by atoms with E-state index in [-0.39, 0.29) is 18.2 Å². The summed E-state index contributed by atoms with van der Waals surface area (Å²) >= 11 is 0. The van der Waals surface area contributed by atoms with Crippen molar-refractivity contribution in [2.75, 3.05) is 32.6 Å². The first-order chi connectivity index (χ1) is 12.1. The molecule has 5 atom stereocenters. The lowest BCUT2D eigenvalue weighted by atomic mass is 9.86. The average Bonchev–Trinajstić information content (AvgIpc) is 2.61. The molecule has 3 N–H and O–H groups in total. The molecule has 1 heterocycles. The molecule has 2 rings (SSSR count). The molecule has 0 aromatic carbocycles. The van der Waals surface area contributed by atoms with Crippen LogP contribution in [0.2, 0.25) is 0 Å². The van der Waals surface area contributed by atoms with Crippen LogP contribution in [0.5, 0.6) is 0 Å². The maximum absolute atomic E-state index is 12.6. The highest BCUT2D eigenvalue weighted by molar-refractivity contribution is 8.00. The minimum Gasteiger partial charge on any atom is -0.385 e. The van der Waals surface area contributed by atoms with Crippen LogP contribution in [0.15, 0.2) is 4.99 Å². The predicted molar refractivity (Wildman–Crippen MR) is 103 cm³/mol.